The van der Waals surface area contributed by atoms with Crippen molar-refractivity contribution in [1.82, 2.24) is 5.32 Å². The number of nitrogens with one attached hydrogen (secondary N) is 1. The molecule has 108 valence electrons. The Morgan fingerprint density at radius 2 is 2.30 bits per heavy atom. The quantitative estimate of drug-likeness (QED) is 0.904. The highest BCUT2D eigenvalue weighted by Gasteiger charge is 2.31. The van der Waals surface area contributed by atoms with E-state index in [1.54, 1.807) is 25.1 Å². The van der Waals surface area contributed by atoms with Gasteiger partial charge in [-0.2, -0.15) is 0 Å². The normalized spacial score (nSPS) is 22.9. The number of fused-ring (bicyclic) bond motifs is 1. The number of hydrogen-bond donors (Lipinski definition) is 2. The average molecular weight is 277 g/mol. The molecule has 4 heteroatoms. The van der Waals surface area contributed by atoms with E-state index in [0.29, 0.717) is 17.6 Å². The molecule has 0 bridgehead atoms. The zero-order chi connectivity index (χ0) is 14.2. The van der Waals surface area contributed by atoms with Crippen LogP contribution < -0.4 is 5.32 Å². The summed E-state index contributed by atoms with van der Waals surface area (Å²) in [5.41, 5.74) is -0.861. The molecule has 3 nitrogen and oxygen atoms in total. The Kier molecular flexibility index (Phi) is 3.52. The van der Waals surface area contributed by atoms with E-state index in [0.717, 1.165) is 13.0 Å². The van der Waals surface area contributed by atoms with E-state index in [9.17, 15) is 9.50 Å². The number of rotatable bonds is 3. The van der Waals surface area contributed by atoms with Crippen LogP contribution in [-0.2, 0) is 5.60 Å². The van der Waals surface area contributed by atoms with Crippen LogP contribution in [0, 0.1) is 5.82 Å². The molecule has 0 spiro atoms. The first-order chi connectivity index (χ1) is 9.56. The molecule has 1 aliphatic heterocycles. The molecule has 0 radical (unpaired) electrons. The fourth-order valence-corrected chi connectivity index (χ4v) is 2.97. The minimum atomic E-state index is -1.08. The van der Waals surface area contributed by atoms with Crippen molar-refractivity contribution in [2.24, 2.45) is 0 Å². The summed E-state index contributed by atoms with van der Waals surface area (Å²) in [6.45, 7) is 2.73. The van der Waals surface area contributed by atoms with E-state index in [4.69, 9.17) is 4.42 Å². The SMILES string of the molecule is CC(O)(CC1CCCCN1)c1cc2cccc(F)c2o1. The zero-order valence-electron chi connectivity index (χ0n) is 11.7. The number of piperidine rings is 1. The second kappa shape index (κ2) is 5.19. The van der Waals surface area contributed by atoms with E-state index in [-0.39, 0.29) is 17.4 Å². The number of hydrogen-bond acceptors (Lipinski definition) is 3. The predicted octanol–water partition coefficient (Wildman–Crippen LogP) is 3.31. The Morgan fingerprint density at radius 1 is 1.45 bits per heavy atom. The monoisotopic (exact) mass is 277 g/mol. The van der Waals surface area contributed by atoms with Crippen LogP contribution in [0.3, 0.4) is 0 Å². The second-order valence-corrected chi connectivity index (χ2v) is 5.89. The van der Waals surface area contributed by atoms with Crippen molar-refractivity contribution in [3.8, 4) is 0 Å². The summed E-state index contributed by atoms with van der Waals surface area (Å²) >= 11 is 0. The lowest BCUT2D eigenvalue weighted by atomic mass is 9.90. The van der Waals surface area contributed by atoms with Gasteiger partial charge in [-0.05, 0) is 44.9 Å². The van der Waals surface area contributed by atoms with Crippen LogP contribution in [0.5, 0.6) is 0 Å². The molecule has 20 heavy (non-hydrogen) atoms. The van der Waals surface area contributed by atoms with Crippen molar-refractivity contribution in [2.75, 3.05) is 6.54 Å². The van der Waals surface area contributed by atoms with Gasteiger partial charge in [0.05, 0.1) is 0 Å². The number of furan rings is 1. The van der Waals surface area contributed by atoms with Gasteiger partial charge < -0.3 is 14.8 Å². The van der Waals surface area contributed by atoms with Crippen LogP contribution in [0.2, 0.25) is 0 Å². The maximum Gasteiger partial charge on any atom is 0.170 e. The van der Waals surface area contributed by atoms with Crippen LogP contribution >= 0.6 is 0 Å². The number of halogens is 1. The van der Waals surface area contributed by atoms with Crippen molar-refractivity contribution in [3.05, 3.63) is 35.8 Å². The first kappa shape index (κ1) is 13.6. The van der Waals surface area contributed by atoms with E-state index in [2.05, 4.69) is 5.32 Å². The Labute approximate surface area is 117 Å². The van der Waals surface area contributed by atoms with E-state index in [1.807, 2.05) is 0 Å². The Bertz CT molecular complexity index is 600. The summed E-state index contributed by atoms with van der Waals surface area (Å²) in [5.74, 6) is 0.0466. The molecule has 2 atom stereocenters. The Morgan fingerprint density at radius 3 is 3.00 bits per heavy atom. The van der Waals surface area contributed by atoms with Crippen LogP contribution in [0.1, 0.15) is 38.4 Å². The molecule has 2 N–H and O–H groups in total. The van der Waals surface area contributed by atoms with E-state index < -0.39 is 5.60 Å². The summed E-state index contributed by atoms with van der Waals surface area (Å²) < 4.78 is 19.2. The van der Waals surface area contributed by atoms with Crippen LogP contribution in [0.4, 0.5) is 4.39 Å². The van der Waals surface area contributed by atoms with Crippen molar-refractivity contribution in [1.29, 1.82) is 0 Å². The third-order valence-electron chi connectivity index (χ3n) is 4.08. The molecule has 1 aliphatic rings. The summed E-state index contributed by atoms with van der Waals surface area (Å²) in [7, 11) is 0. The number of benzene rings is 1. The third kappa shape index (κ3) is 2.58. The van der Waals surface area contributed by atoms with Gasteiger partial charge in [0.25, 0.3) is 0 Å². The maximum absolute atomic E-state index is 13.7. The Hall–Kier alpha value is -1.39. The highest BCUT2D eigenvalue weighted by atomic mass is 19.1. The molecule has 2 aromatic rings. The molecule has 1 aromatic carbocycles. The van der Waals surface area contributed by atoms with Gasteiger partial charge in [-0.15, -0.1) is 0 Å². The van der Waals surface area contributed by atoms with Crippen LogP contribution in [0.15, 0.2) is 28.7 Å². The lowest BCUT2D eigenvalue weighted by Gasteiger charge is -2.30. The number of para-hydroxylation sites is 1. The fourth-order valence-electron chi connectivity index (χ4n) is 2.97. The molecular weight excluding hydrogens is 257 g/mol. The van der Waals surface area contributed by atoms with Crippen molar-refractivity contribution in [2.45, 2.75) is 44.2 Å². The highest BCUT2D eigenvalue weighted by molar-refractivity contribution is 5.78. The van der Waals surface area contributed by atoms with E-state index in [1.165, 1.54) is 18.9 Å². The lowest BCUT2D eigenvalue weighted by Crippen LogP contribution is -2.39. The topological polar surface area (TPSA) is 45.4 Å². The highest BCUT2D eigenvalue weighted by Crippen LogP contribution is 2.33. The molecule has 2 unspecified atom stereocenters. The van der Waals surface area contributed by atoms with Gasteiger partial charge in [0.2, 0.25) is 0 Å². The van der Waals surface area contributed by atoms with Crippen molar-refractivity contribution < 1.29 is 13.9 Å². The molecule has 0 amide bonds. The first-order valence-corrected chi connectivity index (χ1v) is 7.20. The molecule has 3 rings (SSSR count). The largest absolute Gasteiger partial charge is 0.455 e. The minimum absolute atomic E-state index is 0.222. The molecule has 2 heterocycles. The molecule has 1 fully saturated rings. The molecule has 0 aliphatic carbocycles. The van der Waals surface area contributed by atoms with Gasteiger partial charge >= 0.3 is 0 Å². The van der Waals surface area contributed by atoms with Gasteiger partial charge in [-0.25, -0.2) is 4.39 Å². The maximum atomic E-state index is 13.7. The smallest absolute Gasteiger partial charge is 0.170 e. The summed E-state index contributed by atoms with van der Waals surface area (Å²) in [5, 5.41) is 14.8. The summed E-state index contributed by atoms with van der Waals surface area (Å²) in [6.07, 6.45) is 4.01. The lowest BCUT2D eigenvalue weighted by molar-refractivity contribution is 0.0137. The Balaban J connectivity index is 1.86. The van der Waals surface area contributed by atoms with Gasteiger partial charge in [-0.3, -0.25) is 0 Å². The van der Waals surface area contributed by atoms with Gasteiger partial charge in [0.1, 0.15) is 11.4 Å². The molecule has 1 saturated heterocycles. The predicted molar refractivity (Wildman–Crippen MR) is 76.0 cm³/mol. The van der Waals surface area contributed by atoms with Crippen molar-refractivity contribution in [3.63, 3.8) is 0 Å². The van der Waals surface area contributed by atoms with Crippen LogP contribution in [0.25, 0.3) is 11.0 Å². The molecule has 0 saturated carbocycles. The van der Waals surface area contributed by atoms with Crippen LogP contribution in [-0.4, -0.2) is 17.7 Å². The second-order valence-electron chi connectivity index (χ2n) is 5.89. The summed E-state index contributed by atoms with van der Waals surface area (Å²) in [4.78, 5) is 0. The van der Waals surface area contributed by atoms with Gasteiger partial charge in [0, 0.05) is 11.4 Å². The summed E-state index contributed by atoms with van der Waals surface area (Å²) in [6, 6.07) is 6.83. The first-order valence-electron chi connectivity index (χ1n) is 7.20. The standard InChI is InChI=1S/C16H20FNO2/c1-16(19,10-12-6-2-3-8-18-12)14-9-11-5-4-7-13(17)15(11)20-14/h4-5,7,9,12,18-19H,2-3,6,8,10H2,1H3. The number of aliphatic hydroxyl groups is 1. The fraction of sp³-hybridized carbons (Fsp3) is 0.500. The van der Waals surface area contributed by atoms with Gasteiger partial charge in [0.15, 0.2) is 11.4 Å². The third-order valence-corrected chi connectivity index (χ3v) is 4.08. The van der Waals surface area contributed by atoms with E-state index >= 15 is 0 Å². The van der Waals surface area contributed by atoms with Gasteiger partial charge in [-0.1, -0.05) is 18.6 Å². The van der Waals surface area contributed by atoms with Crippen molar-refractivity contribution >= 4 is 11.0 Å². The zero-order valence-corrected chi connectivity index (χ0v) is 11.7. The minimum Gasteiger partial charge on any atom is -0.455 e. The average Bonchev–Trinajstić information content (AvgIpc) is 2.86. The molecular formula is C16H20FNO2. The molecule has 1 aromatic heterocycles.